The molecule has 2 aromatic heterocycles. The van der Waals surface area contributed by atoms with E-state index in [0.29, 0.717) is 45.0 Å². The minimum absolute atomic E-state index is 0.0355. The molecule has 1 saturated heterocycles. The van der Waals surface area contributed by atoms with Crippen LogP contribution in [0.2, 0.25) is 0 Å². The van der Waals surface area contributed by atoms with E-state index in [0.717, 1.165) is 64.6 Å². The zero-order chi connectivity index (χ0) is 30.3. The van der Waals surface area contributed by atoms with Crippen molar-refractivity contribution in [2.45, 2.75) is 64.6 Å². The number of rotatable bonds is 13. The van der Waals surface area contributed by atoms with Gasteiger partial charge >= 0.3 is 5.97 Å². The van der Waals surface area contributed by atoms with Crippen LogP contribution in [-0.2, 0) is 40.3 Å². The fourth-order valence-electron chi connectivity index (χ4n) is 5.85. The topological polar surface area (TPSA) is 127 Å². The predicted molar refractivity (Wildman–Crippen MR) is 167 cm³/mol. The number of nitrogen functional groups attached to an aromatic ring is 1. The van der Waals surface area contributed by atoms with Gasteiger partial charge in [0.15, 0.2) is 5.82 Å². The number of aromatic nitrogens is 3. The number of esters is 1. The Morgan fingerprint density at radius 2 is 1.86 bits per heavy atom. The van der Waals surface area contributed by atoms with Crippen LogP contribution in [0, 0.1) is 0 Å². The van der Waals surface area contributed by atoms with Crippen molar-refractivity contribution >= 4 is 39.6 Å². The third-order valence-electron chi connectivity index (χ3n) is 8.18. The Balaban J connectivity index is 1.37. The van der Waals surface area contributed by atoms with Crippen LogP contribution in [0.25, 0.3) is 21.9 Å². The second-order valence-corrected chi connectivity index (χ2v) is 11.4. The third-order valence-corrected chi connectivity index (χ3v) is 8.18. The Hall–Kier alpha value is -4.02. The molecule has 228 valence electrons. The van der Waals surface area contributed by atoms with Crippen LogP contribution in [-0.4, -0.2) is 80.7 Å². The number of unbranched alkanes of at least 4 members (excludes halogenated alkanes) is 1. The molecule has 0 spiro atoms. The van der Waals surface area contributed by atoms with Gasteiger partial charge in [0, 0.05) is 44.5 Å². The van der Waals surface area contributed by atoms with E-state index in [4.69, 9.17) is 15.5 Å². The molecule has 0 saturated carbocycles. The number of benzene rings is 2. The van der Waals surface area contributed by atoms with Crippen molar-refractivity contribution in [3.05, 3.63) is 65.5 Å². The van der Waals surface area contributed by atoms with E-state index in [1.807, 2.05) is 52.3 Å². The number of ether oxygens (including phenoxy) is 1. The van der Waals surface area contributed by atoms with Gasteiger partial charge in [-0.3, -0.25) is 14.5 Å². The standard InChI is InChI=1S/C33H42N6O4/c1-3-4-10-28-36-31-32(26-8-5-6-9-27(26)35-33(31)34)39(28)17-7-16-38(29(41)22-37-18-15-25(40)21-37)20-24-13-11-23(12-14-24)19-30(42)43-2/h5-6,8-9,11-14,25,40H,3-4,7,10,15-22H2,1-2H3,(H2,34,35). The highest BCUT2D eigenvalue weighted by atomic mass is 16.5. The Labute approximate surface area is 252 Å². The zero-order valence-electron chi connectivity index (χ0n) is 25.2. The molecule has 10 nitrogen and oxygen atoms in total. The molecule has 43 heavy (non-hydrogen) atoms. The number of amides is 1. The molecule has 1 amide bonds. The highest BCUT2D eigenvalue weighted by Gasteiger charge is 2.25. The van der Waals surface area contributed by atoms with Gasteiger partial charge in [0.25, 0.3) is 0 Å². The fraction of sp³-hybridized carbons (Fsp3) is 0.455. The summed E-state index contributed by atoms with van der Waals surface area (Å²) in [6.45, 7) is 5.39. The lowest BCUT2D eigenvalue weighted by Gasteiger charge is -2.26. The number of fused-ring (bicyclic) bond motifs is 3. The zero-order valence-corrected chi connectivity index (χ0v) is 25.2. The Kier molecular flexibility index (Phi) is 9.89. The molecule has 1 atom stereocenters. The van der Waals surface area contributed by atoms with Gasteiger partial charge in [-0.2, -0.15) is 0 Å². The first kappa shape index (κ1) is 30.4. The summed E-state index contributed by atoms with van der Waals surface area (Å²) < 4.78 is 7.05. The van der Waals surface area contributed by atoms with Gasteiger partial charge in [0.05, 0.1) is 37.2 Å². The van der Waals surface area contributed by atoms with E-state index in [1.165, 1.54) is 7.11 Å². The summed E-state index contributed by atoms with van der Waals surface area (Å²) in [5.74, 6) is 1.18. The van der Waals surface area contributed by atoms with Gasteiger partial charge in [-0.05, 0) is 36.5 Å². The van der Waals surface area contributed by atoms with Crippen LogP contribution in [0.1, 0.15) is 49.6 Å². The maximum atomic E-state index is 13.6. The van der Waals surface area contributed by atoms with Crippen molar-refractivity contribution in [3.63, 3.8) is 0 Å². The molecule has 10 heteroatoms. The summed E-state index contributed by atoms with van der Waals surface area (Å²) in [4.78, 5) is 38.7. The van der Waals surface area contributed by atoms with Crippen molar-refractivity contribution < 1.29 is 19.4 Å². The lowest BCUT2D eigenvalue weighted by molar-refractivity contribution is -0.139. The lowest BCUT2D eigenvalue weighted by atomic mass is 10.1. The van der Waals surface area contributed by atoms with Crippen LogP contribution in [0.4, 0.5) is 5.82 Å². The van der Waals surface area contributed by atoms with E-state index in [9.17, 15) is 14.7 Å². The monoisotopic (exact) mass is 586 g/mol. The van der Waals surface area contributed by atoms with Crippen molar-refractivity contribution in [2.24, 2.45) is 0 Å². The number of hydrogen-bond donors (Lipinski definition) is 2. The van der Waals surface area contributed by atoms with Crippen molar-refractivity contribution in [3.8, 4) is 0 Å². The number of para-hydroxylation sites is 1. The molecule has 1 aliphatic rings. The fourth-order valence-corrected chi connectivity index (χ4v) is 5.85. The quantitative estimate of drug-likeness (QED) is 0.227. The second kappa shape index (κ2) is 14.0. The summed E-state index contributed by atoms with van der Waals surface area (Å²) in [7, 11) is 1.38. The number of anilines is 1. The molecule has 3 heterocycles. The van der Waals surface area contributed by atoms with Crippen molar-refractivity contribution in [2.75, 3.05) is 39.0 Å². The van der Waals surface area contributed by atoms with Crippen LogP contribution in [0.15, 0.2) is 48.5 Å². The lowest BCUT2D eigenvalue weighted by Crippen LogP contribution is -2.40. The maximum Gasteiger partial charge on any atom is 0.309 e. The highest BCUT2D eigenvalue weighted by Crippen LogP contribution is 2.29. The number of aliphatic hydroxyl groups is 1. The number of nitrogens with two attached hydrogens (primary N) is 1. The third kappa shape index (κ3) is 7.32. The summed E-state index contributed by atoms with van der Waals surface area (Å²) in [5.41, 5.74) is 10.8. The molecule has 2 aromatic carbocycles. The SMILES string of the molecule is CCCCc1nc2c(N)nc3ccccc3c2n1CCCN(Cc1ccc(CC(=O)OC)cc1)C(=O)CN1CCC(O)C1. The second-order valence-electron chi connectivity index (χ2n) is 11.4. The summed E-state index contributed by atoms with van der Waals surface area (Å²) in [6, 6.07) is 15.8. The minimum Gasteiger partial charge on any atom is -0.469 e. The normalized spacial score (nSPS) is 15.4. The summed E-state index contributed by atoms with van der Waals surface area (Å²) in [6.07, 6.45) is 4.18. The number of β-amino-alcohol motifs (C(OH)–C–C–N with tert-alkyl or cyclic N) is 1. The van der Waals surface area contributed by atoms with Crippen molar-refractivity contribution in [1.82, 2.24) is 24.3 Å². The number of aryl methyl sites for hydroxylation is 2. The minimum atomic E-state index is -0.378. The van der Waals surface area contributed by atoms with E-state index in [2.05, 4.69) is 22.5 Å². The van der Waals surface area contributed by atoms with Gasteiger partial charge < -0.3 is 25.0 Å². The van der Waals surface area contributed by atoms with Gasteiger partial charge in [-0.15, -0.1) is 0 Å². The van der Waals surface area contributed by atoms with E-state index in [-0.39, 0.29) is 30.9 Å². The van der Waals surface area contributed by atoms with Gasteiger partial charge in [0.1, 0.15) is 11.3 Å². The molecule has 0 bridgehead atoms. The van der Waals surface area contributed by atoms with Crippen LogP contribution in [0.5, 0.6) is 0 Å². The number of hydrogen-bond acceptors (Lipinski definition) is 8. The molecule has 1 unspecified atom stereocenters. The average molecular weight is 587 g/mol. The highest BCUT2D eigenvalue weighted by molar-refractivity contribution is 6.06. The molecule has 4 aromatic rings. The smallest absolute Gasteiger partial charge is 0.309 e. The first-order chi connectivity index (χ1) is 20.9. The number of likely N-dealkylation sites (tertiary alicyclic amines) is 1. The molecule has 1 aliphatic heterocycles. The van der Waals surface area contributed by atoms with Gasteiger partial charge in [0.2, 0.25) is 5.91 Å². The Bertz CT molecular complexity index is 1570. The first-order valence-corrected chi connectivity index (χ1v) is 15.2. The average Bonchev–Trinajstić information content (AvgIpc) is 3.59. The molecule has 3 N–H and O–H groups in total. The molecule has 0 aliphatic carbocycles. The number of methoxy groups -OCH3 is 1. The van der Waals surface area contributed by atoms with Crippen LogP contribution >= 0.6 is 0 Å². The van der Waals surface area contributed by atoms with E-state index >= 15 is 0 Å². The number of carbonyl (C=O) groups is 2. The Morgan fingerprint density at radius 1 is 1.09 bits per heavy atom. The number of imidazole rings is 1. The Morgan fingerprint density at radius 3 is 2.58 bits per heavy atom. The first-order valence-electron chi connectivity index (χ1n) is 15.2. The van der Waals surface area contributed by atoms with Crippen LogP contribution < -0.4 is 5.73 Å². The summed E-state index contributed by atoms with van der Waals surface area (Å²) >= 11 is 0. The molecule has 5 rings (SSSR count). The molecular formula is C33H42N6O4. The van der Waals surface area contributed by atoms with E-state index < -0.39 is 0 Å². The number of pyridine rings is 1. The largest absolute Gasteiger partial charge is 0.469 e. The maximum absolute atomic E-state index is 13.6. The number of nitrogens with zero attached hydrogens (tertiary/aromatic N) is 5. The molecular weight excluding hydrogens is 544 g/mol. The summed E-state index contributed by atoms with van der Waals surface area (Å²) in [5, 5.41) is 11.0. The molecule has 1 fully saturated rings. The molecule has 0 radical (unpaired) electrons. The van der Waals surface area contributed by atoms with E-state index in [1.54, 1.807) is 0 Å². The number of carbonyl (C=O) groups excluding carboxylic acids is 2. The van der Waals surface area contributed by atoms with Gasteiger partial charge in [-0.1, -0.05) is 55.8 Å². The predicted octanol–water partition coefficient (Wildman–Crippen LogP) is 3.71. The number of aliphatic hydroxyl groups excluding tert-OH is 1. The van der Waals surface area contributed by atoms with Gasteiger partial charge in [-0.25, -0.2) is 9.97 Å². The van der Waals surface area contributed by atoms with Crippen LogP contribution in [0.3, 0.4) is 0 Å². The van der Waals surface area contributed by atoms with Crippen molar-refractivity contribution in [1.29, 1.82) is 0 Å².